The monoisotopic (exact) mass is 376 g/mol. The average molecular weight is 377 g/mol. The van der Waals surface area contributed by atoms with Gasteiger partial charge in [-0.15, -0.1) is 0 Å². The van der Waals surface area contributed by atoms with Crippen molar-refractivity contribution in [1.29, 1.82) is 0 Å². The number of pyridine rings is 1. The molecule has 2 rings (SSSR count). The van der Waals surface area contributed by atoms with Gasteiger partial charge in [0.15, 0.2) is 6.29 Å². The van der Waals surface area contributed by atoms with Crippen molar-refractivity contribution in [3.63, 3.8) is 0 Å². The summed E-state index contributed by atoms with van der Waals surface area (Å²) in [5.74, 6) is 0.279. The third kappa shape index (κ3) is 4.32. The summed E-state index contributed by atoms with van der Waals surface area (Å²) in [6, 6.07) is 8.35. The van der Waals surface area contributed by atoms with Gasteiger partial charge < -0.3 is 9.84 Å². The van der Waals surface area contributed by atoms with Gasteiger partial charge in [-0.05, 0) is 45.9 Å². The van der Waals surface area contributed by atoms with E-state index in [2.05, 4.69) is 4.98 Å². The van der Waals surface area contributed by atoms with Crippen LogP contribution in [0, 0.1) is 0 Å². The zero-order valence-corrected chi connectivity index (χ0v) is 15.8. The summed E-state index contributed by atoms with van der Waals surface area (Å²) in [7, 11) is 0. The molecule has 138 valence electrons. The lowest BCUT2D eigenvalue weighted by atomic mass is 10.0. The Morgan fingerprint density at radius 1 is 1.35 bits per heavy atom. The Bertz CT molecular complexity index is 803. The number of amides is 1. The molecule has 1 aromatic carbocycles. The molecule has 26 heavy (non-hydrogen) atoms. The standard InChI is InChI=1S/C19H21ClN2O4/c1-12(15-7-5-6-8-21-15)26-17-10-16(13(11-23)9-14(17)20)22(18(24)25)19(2,3)4/h5-12H,1-4H3,(H,24,25)/t12-/m1/s1. The zero-order chi connectivity index (χ0) is 19.5. The first-order valence-corrected chi connectivity index (χ1v) is 8.42. The Kier molecular flexibility index (Phi) is 5.87. The SMILES string of the molecule is C[C@@H](Oc1cc(N(C(=O)O)C(C)(C)C)c(C=O)cc1Cl)c1ccccn1. The summed E-state index contributed by atoms with van der Waals surface area (Å²) < 4.78 is 5.88. The van der Waals surface area contributed by atoms with Gasteiger partial charge in [-0.3, -0.25) is 14.7 Å². The summed E-state index contributed by atoms with van der Waals surface area (Å²) >= 11 is 6.24. The number of nitrogens with zero attached hydrogens (tertiary/aromatic N) is 2. The number of benzene rings is 1. The van der Waals surface area contributed by atoms with E-state index in [9.17, 15) is 14.7 Å². The first kappa shape index (κ1) is 19.7. The van der Waals surface area contributed by atoms with E-state index in [-0.39, 0.29) is 22.0 Å². The van der Waals surface area contributed by atoms with Gasteiger partial charge in [0.1, 0.15) is 11.9 Å². The maximum Gasteiger partial charge on any atom is 0.412 e. The smallest absolute Gasteiger partial charge is 0.412 e. The number of carbonyl (C=O) groups is 2. The zero-order valence-electron chi connectivity index (χ0n) is 15.1. The fraction of sp³-hybridized carbons (Fsp3) is 0.316. The highest BCUT2D eigenvalue weighted by molar-refractivity contribution is 6.32. The quantitative estimate of drug-likeness (QED) is 0.745. The molecule has 1 heterocycles. The van der Waals surface area contributed by atoms with E-state index in [1.54, 1.807) is 33.0 Å². The van der Waals surface area contributed by atoms with Crippen LogP contribution in [0.4, 0.5) is 10.5 Å². The second kappa shape index (κ2) is 7.74. The van der Waals surface area contributed by atoms with E-state index in [1.807, 2.05) is 19.1 Å². The van der Waals surface area contributed by atoms with Crippen molar-refractivity contribution in [2.45, 2.75) is 39.3 Å². The molecule has 2 aromatic rings. The fourth-order valence-corrected chi connectivity index (χ4v) is 2.77. The fourth-order valence-electron chi connectivity index (χ4n) is 2.55. The number of carboxylic acid groups (broad SMARTS) is 1. The van der Waals surface area contributed by atoms with Crippen molar-refractivity contribution in [3.05, 3.63) is 52.8 Å². The van der Waals surface area contributed by atoms with Gasteiger partial charge in [-0.1, -0.05) is 17.7 Å². The van der Waals surface area contributed by atoms with Crippen molar-refractivity contribution in [3.8, 4) is 5.75 Å². The van der Waals surface area contributed by atoms with Gasteiger partial charge in [-0.25, -0.2) is 4.79 Å². The normalized spacial score (nSPS) is 12.3. The molecular formula is C19H21ClN2O4. The average Bonchev–Trinajstić information content (AvgIpc) is 2.56. The molecule has 0 fully saturated rings. The van der Waals surface area contributed by atoms with Gasteiger partial charge >= 0.3 is 6.09 Å². The second-order valence-corrected chi connectivity index (χ2v) is 7.17. The summed E-state index contributed by atoms with van der Waals surface area (Å²) in [5, 5.41) is 9.85. The molecule has 0 aliphatic heterocycles. The minimum Gasteiger partial charge on any atom is -0.483 e. The minimum atomic E-state index is -1.17. The first-order valence-electron chi connectivity index (χ1n) is 8.04. The van der Waals surface area contributed by atoms with Crippen molar-refractivity contribution >= 4 is 29.7 Å². The molecule has 1 N–H and O–H groups in total. The number of rotatable bonds is 5. The van der Waals surface area contributed by atoms with Crippen LogP contribution in [0.1, 0.15) is 49.9 Å². The van der Waals surface area contributed by atoms with Crippen LogP contribution in [0.3, 0.4) is 0 Å². The maximum absolute atomic E-state index is 11.8. The van der Waals surface area contributed by atoms with Crippen molar-refractivity contribution in [2.75, 3.05) is 4.90 Å². The second-order valence-electron chi connectivity index (χ2n) is 6.76. The van der Waals surface area contributed by atoms with Crippen LogP contribution in [0.5, 0.6) is 5.75 Å². The molecule has 0 aliphatic carbocycles. The number of halogens is 1. The predicted octanol–water partition coefficient (Wildman–Crippen LogP) is 4.97. The molecule has 0 unspecified atom stereocenters. The summed E-state index contributed by atoms with van der Waals surface area (Å²) in [6.45, 7) is 7.02. The highest BCUT2D eigenvalue weighted by atomic mass is 35.5. The van der Waals surface area contributed by atoms with Gasteiger partial charge in [0.2, 0.25) is 0 Å². The number of anilines is 1. The van der Waals surface area contributed by atoms with Gasteiger partial charge in [0, 0.05) is 23.4 Å². The van der Waals surface area contributed by atoms with Gasteiger partial charge in [0.25, 0.3) is 0 Å². The van der Waals surface area contributed by atoms with E-state index in [4.69, 9.17) is 16.3 Å². The van der Waals surface area contributed by atoms with Crippen LogP contribution >= 0.6 is 11.6 Å². The highest BCUT2D eigenvalue weighted by Gasteiger charge is 2.30. The molecule has 0 aliphatic rings. The van der Waals surface area contributed by atoms with Crippen LogP contribution in [-0.2, 0) is 0 Å². The predicted molar refractivity (Wildman–Crippen MR) is 100 cm³/mol. The van der Waals surface area contributed by atoms with Crippen molar-refractivity contribution in [1.82, 2.24) is 4.98 Å². The Morgan fingerprint density at radius 2 is 2.04 bits per heavy atom. The molecule has 0 saturated carbocycles. The van der Waals surface area contributed by atoms with E-state index in [1.165, 1.54) is 12.1 Å². The number of aldehydes is 1. The van der Waals surface area contributed by atoms with E-state index in [0.717, 1.165) is 4.90 Å². The molecule has 1 amide bonds. The highest BCUT2D eigenvalue weighted by Crippen LogP contribution is 2.37. The van der Waals surface area contributed by atoms with Crippen LogP contribution in [0.2, 0.25) is 5.02 Å². The van der Waals surface area contributed by atoms with Crippen molar-refractivity contribution < 1.29 is 19.4 Å². The van der Waals surface area contributed by atoms with Gasteiger partial charge in [-0.2, -0.15) is 0 Å². The van der Waals surface area contributed by atoms with Gasteiger partial charge in [0.05, 0.1) is 16.4 Å². The van der Waals surface area contributed by atoms with Crippen LogP contribution in [-0.4, -0.2) is 28.0 Å². The van der Waals surface area contributed by atoms with E-state index < -0.39 is 17.7 Å². The molecule has 0 radical (unpaired) electrons. The first-order chi connectivity index (χ1) is 12.1. The lowest BCUT2D eigenvalue weighted by Gasteiger charge is -2.34. The molecular weight excluding hydrogens is 356 g/mol. The number of ether oxygens (including phenoxy) is 1. The maximum atomic E-state index is 11.8. The Labute approximate surface area is 157 Å². The van der Waals surface area contributed by atoms with Crippen LogP contribution in [0.15, 0.2) is 36.5 Å². The lowest BCUT2D eigenvalue weighted by molar-refractivity contribution is 0.112. The topological polar surface area (TPSA) is 79.7 Å². The number of aromatic nitrogens is 1. The minimum absolute atomic E-state index is 0.171. The Balaban J connectivity index is 2.49. The summed E-state index contributed by atoms with van der Waals surface area (Å²) in [6.07, 6.45) is 0.654. The summed E-state index contributed by atoms with van der Waals surface area (Å²) in [5.41, 5.74) is 0.328. The molecule has 1 aromatic heterocycles. The summed E-state index contributed by atoms with van der Waals surface area (Å²) in [4.78, 5) is 28.6. The molecule has 7 heteroatoms. The number of hydrogen-bond donors (Lipinski definition) is 1. The number of hydrogen-bond acceptors (Lipinski definition) is 4. The molecule has 1 atom stereocenters. The largest absolute Gasteiger partial charge is 0.483 e. The third-order valence-electron chi connectivity index (χ3n) is 3.72. The third-order valence-corrected chi connectivity index (χ3v) is 4.01. The Hall–Kier alpha value is -2.60. The molecule has 0 spiro atoms. The Morgan fingerprint density at radius 3 is 2.54 bits per heavy atom. The molecule has 0 bridgehead atoms. The number of carbonyl (C=O) groups excluding carboxylic acids is 1. The van der Waals surface area contributed by atoms with E-state index in [0.29, 0.717) is 12.0 Å². The van der Waals surface area contributed by atoms with Crippen molar-refractivity contribution in [2.24, 2.45) is 0 Å². The lowest BCUT2D eigenvalue weighted by Crippen LogP contribution is -2.45. The van der Waals surface area contributed by atoms with Crippen LogP contribution in [0.25, 0.3) is 0 Å². The molecule has 0 saturated heterocycles. The van der Waals surface area contributed by atoms with Crippen LogP contribution < -0.4 is 9.64 Å². The van der Waals surface area contributed by atoms with E-state index >= 15 is 0 Å². The molecule has 6 nitrogen and oxygen atoms in total.